The van der Waals surface area contributed by atoms with Gasteiger partial charge in [-0.2, -0.15) is 0 Å². The van der Waals surface area contributed by atoms with Crippen LogP contribution in [0, 0.1) is 10.1 Å². The van der Waals surface area contributed by atoms with Crippen LogP contribution in [-0.4, -0.2) is 28.7 Å². The van der Waals surface area contributed by atoms with Crippen LogP contribution in [0.25, 0.3) is 0 Å². The first-order valence-corrected chi connectivity index (χ1v) is 5.92. The Kier molecular flexibility index (Phi) is 5.21. The van der Waals surface area contributed by atoms with Crippen LogP contribution in [0.2, 0.25) is 0 Å². The molecule has 0 heterocycles. The first kappa shape index (κ1) is 15.6. The summed E-state index contributed by atoms with van der Waals surface area (Å²) in [6, 6.07) is 2.22. The number of carbonyl (C=O) groups excluding carboxylic acids is 1. The fourth-order valence-corrected chi connectivity index (χ4v) is 1.76. The van der Waals surface area contributed by atoms with E-state index in [0.29, 0.717) is 0 Å². The van der Waals surface area contributed by atoms with Gasteiger partial charge >= 0.3 is 12.1 Å². The SMILES string of the molecule is C=CCOC(=O)Nc1c(C(=O)O)cc(Br)cc1[N+](=O)[O-]. The molecule has 0 radical (unpaired) electrons. The number of halogens is 1. The van der Waals surface area contributed by atoms with Crippen molar-refractivity contribution in [3.63, 3.8) is 0 Å². The number of hydrogen-bond acceptors (Lipinski definition) is 5. The minimum atomic E-state index is -1.42. The topological polar surface area (TPSA) is 119 Å². The Labute approximate surface area is 121 Å². The number of ether oxygens (including phenoxy) is 1. The van der Waals surface area contributed by atoms with Gasteiger partial charge in [-0.05, 0) is 6.07 Å². The molecular formula is C11H9BrN2O6. The largest absolute Gasteiger partial charge is 0.478 e. The van der Waals surface area contributed by atoms with Crippen LogP contribution in [-0.2, 0) is 4.74 Å². The maximum atomic E-state index is 11.4. The predicted octanol–water partition coefficient (Wildman–Crippen LogP) is 2.79. The van der Waals surface area contributed by atoms with E-state index in [1.54, 1.807) is 0 Å². The molecule has 0 saturated heterocycles. The van der Waals surface area contributed by atoms with Crippen molar-refractivity contribution in [1.29, 1.82) is 0 Å². The predicted molar refractivity (Wildman–Crippen MR) is 72.9 cm³/mol. The van der Waals surface area contributed by atoms with Crippen molar-refractivity contribution in [3.8, 4) is 0 Å². The van der Waals surface area contributed by atoms with Crippen LogP contribution < -0.4 is 5.32 Å². The lowest BCUT2D eigenvalue weighted by Gasteiger charge is -2.09. The molecule has 0 aliphatic rings. The molecule has 0 spiro atoms. The van der Waals surface area contributed by atoms with Gasteiger partial charge in [0.05, 0.1) is 10.5 Å². The molecule has 0 atom stereocenters. The molecule has 0 aromatic heterocycles. The van der Waals surface area contributed by atoms with E-state index in [1.807, 2.05) is 0 Å². The van der Waals surface area contributed by atoms with Gasteiger partial charge in [0.25, 0.3) is 5.69 Å². The number of carboxylic acid groups (broad SMARTS) is 1. The number of aromatic carboxylic acids is 1. The van der Waals surface area contributed by atoms with E-state index in [0.717, 1.165) is 12.1 Å². The zero-order valence-corrected chi connectivity index (χ0v) is 11.5. The summed E-state index contributed by atoms with van der Waals surface area (Å²) in [6.07, 6.45) is 0.283. The van der Waals surface area contributed by atoms with Gasteiger partial charge in [0, 0.05) is 10.5 Å². The molecule has 0 bridgehead atoms. The summed E-state index contributed by atoms with van der Waals surface area (Å²) in [7, 11) is 0. The van der Waals surface area contributed by atoms with E-state index in [2.05, 4.69) is 32.6 Å². The molecule has 0 aliphatic heterocycles. The smallest absolute Gasteiger partial charge is 0.412 e. The number of hydrogen-bond donors (Lipinski definition) is 2. The summed E-state index contributed by atoms with van der Waals surface area (Å²) >= 11 is 2.97. The second-order valence-electron chi connectivity index (χ2n) is 3.42. The molecule has 0 saturated carbocycles. The Morgan fingerprint density at radius 2 is 2.20 bits per heavy atom. The first-order valence-electron chi connectivity index (χ1n) is 5.12. The molecule has 106 valence electrons. The third-order valence-electron chi connectivity index (χ3n) is 2.07. The van der Waals surface area contributed by atoms with Crippen molar-refractivity contribution < 1.29 is 24.4 Å². The van der Waals surface area contributed by atoms with Gasteiger partial charge in [-0.15, -0.1) is 0 Å². The molecule has 0 unspecified atom stereocenters. The Balaban J connectivity index is 3.26. The molecule has 0 aliphatic carbocycles. The van der Waals surface area contributed by atoms with Gasteiger partial charge in [0.1, 0.15) is 12.3 Å². The van der Waals surface area contributed by atoms with Crippen molar-refractivity contribution in [2.24, 2.45) is 0 Å². The maximum absolute atomic E-state index is 11.4. The average Bonchev–Trinajstić information content (AvgIpc) is 2.37. The van der Waals surface area contributed by atoms with Gasteiger partial charge in [0.2, 0.25) is 0 Å². The van der Waals surface area contributed by atoms with Crippen molar-refractivity contribution >= 4 is 39.4 Å². The Hall–Kier alpha value is -2.42. The number of anilines is 1. The van der Waals surface area contributed by atoms with E-state index >= 15 is 0 Å². The van der Waals surface area contributed by atoms with E-state index in [1.165, 1.54) is 6.08 Å². The maximum Gasteiger partial charge on any atom is 0.412 e. The lowest BCUT2D eigenvalue weighted by Crippen LogP contribution is -2.17. The zero-order valence-electron chi connectivity index (χ0n) is 9.96. The molecule has 1 amide bonds. The molecule has 8 nitrogen and oxygen atoms in total. The number of nitrogens with zero attached hydrogens (tertiary/aromatic N) is 1. The Morgan fingerprint density at radius 1 is 1.55 bits per heavy atom. The molecule has 2 N–H and O–H groups in total. The van der Waals surface area contributed by atoms with Crippen LogP contribution in [0.4, 0.5) is 16.2 Å². The van der Waals surface area contributed by atoms with Crippen molar-refractivity contribution in [2.45, 2.75) is 0 Å². The van der Waals surface area contributed by atoms with Crippen LogP contribution in [0.15, 0.2) is 29.3 Å². The highest BCUT2D eigenvalue weighted by Crippen LogP contribution is 2.32. The number of benzene rings is 1. The van der Waals surface area contributed by atoms with E-state index < -0.39 is 33.9 Å². The summed E-state index contributed by atoms with van der Waals surface area (Å²) in [5.74, 6) is -1.42. The normalized spacial score (nSPS) is 9.65. The van der Waals surface area contributed by atoms with Gasteiger partial charge in [-0.25, -0.2) is 9.59 Å². The lowest BCUT2D eigenvalue weighted by atomic mass is 10.1. The molecule has 1 aromatic rings. The molecular weight excluding hydrogens is 336 g/mol. The second kappa shape index (κ2) is 6.66. The van der Waals surface area contributed by atoms with Gasteiger partial charge in [0.15, 0.2) is 0 Å². The number of rotatable bonds is 5. The molecule has 0 fully saturated rings. The summed E-state index contributed by atoms with van der Waals surface area (Å²) in [4.78, 5) is 32.6. The first-order chi connectivity index (χ1) is 9.36. The van der Waals surface area contributed by atoms with Gasteiger partial charge < -0.3 is 9.84 Å². The number of amides is 1. The average molecular weight is 345 g/mol. The third-order valence-corrected chi connectivity index (χ3v) is 2.53. The summed E-state index contributed by atoms with van der Waals surface area (Å²) in [5, 5.41) is 22.0. The highest BCUT2D eigenvalue weighted by Gasteiger charge is 2.25. The fraction of sp³-hybridized carbons (Fsp3) is 0.0909. The lowest BCUT2D eigenvalue weighted by molar-refractivity contribution is -0.384. The second-order valence-corrected chi connectivity index (χ2v) is 4.34. The summed E-state index contributed by atoms with van der Waals surface area (Å²) in [5.41, 5.74) is -1.44. The summed E-state index contributed by atoms with van der Waals surface area (Å²) in [6.45, 7) is 3.22. The highest BCUT2D eigenvalue weighted by molar-refractivity contribution is 9.10. The van der Waals surface area contributed by atoms with Crippen molar-refractivity contribution in [2.75, 3.05) is 11.9 Å². The minimum absolute atomic E-state index is 0.113. The van der Waals surface area contributed by atoms with Crippen molar-refractivity contribution in [3.05, 3.63) is 44.9 Å². The van der Waals surface area contributed by atoms with Gasteiger partial charge in [-0.3, -0.25) is 15.4 Å². The molecule has 1 aromatic carbocycles. The number of carbonyl (C=O) groups is 2. The molecule has 9 heteroatoms. The fourth-order valence-electron chi connectivity index (χ4n) is 1.31. The quantitative estimate of drug-likeness (QED) is 0.481. The number of nitrogens with one attached hydrogen (secondary N) is 1. The zero-order chi connectivity index (χ0) is 15.3. The van der Waals surface area contributed by atoms with Crippen molar-refractivity contribution in [1.82, 2.24) is 0 Å². The van der Waals surface area contributed by atoms with Gasteiger partial charge in [-0.1, -0.05) is 28.6 Å². The molecule has 1 rings (SSSR count). The van der Waals surface area contributed by atoms with Crippen LogP contribution >= 0.6 is 15.9 Å². The van der Waals surface area contributed by atoms with Crippen LogP contribution in [0.5, 0.6) is 0 Å². The monoisotopic (exact) mass is 344 g/mol. The summed E-state index contributed by atoms with van der Waals surface area (Å²) < 4.78 is 4.80. The highest BCUT2D eigenvalue weighted by atomic mass is 79.9. The number of carboxylic acids is 1. The van der Waals surface area contributed by atoms with Crippen LogP contribution in [0.3, 0.4) is 0 Å². The molecule has 20 heavy (non-hydrogen) atoms. The van der Waals surface area contributed by atoms with E-state index in [9.17, 15) is 19.7 Å². The van der Waals surface area contributed by atoms with Crippen LogP contribution in [0.1, 0.15) is 10.4 Å². The Morgan fingerprint density at radius 3 is 2.70 bits per heavy atom. The standard InChI is InChI=1S/C11H9BrN2O6/c1-2-3-20-11(17)13-9-7(10(15)16)4-6(12)5-8(9)14(18)19/h2,4-5H,1,3H2,(H,13,17)(H,15,16). The minimum Gasteiger partial charge on any atom is -0.478 e. The Bertz CT molecular complexity index is 551. The van der Waals surface area contributed by atoms with E-state index in [4.69, 9.17) is 5.11 Å². The number of nitro benzene ring substituents is 1. The number of nitro groups is 1. The van der Waals surface area contributed by atoms with E-state index in [-0.39, 0.29) is 11.1 Å². The third kappa shape index (κ3) is 3.79.